The number of amides is 2. The van der Waals surface area contributed by atoms with Gasteiger partial charge in [0.2, 0.25) is 0 Å². The van der Waals surface area contributed by atoms with Gasteiger partial charge < -0.3 is 14.5 Å². The van der Waals surface area contributed by atoms with E-state index in [0.29, 0.717) is 49.7 Å². The number of carbonyl (C=O) groups is 2. The van der Waals surface area contributed by atoms with Crippen LogP contribution in [0.4, 0.5) is 18.0 Å². The summed E-state index contributed by atoms with van der Waals surface area (Å²) >= 11 is 0. The van der Waals surface area contributed by atoms with Gasteiger partial charge in [0.1, 0.15) is 18.0 Å². The molecule has 0 radical (unpaired) electrons. The monoisotopic (exact) mass is 398 g/mol. The smallest absolute Gasteiger partial charge is 0.433 e. The number of likely N-dealkylation sites (tertiary alicyclic amines) is 1. The molecule has 28 heavy (non-hydrogen) atoms. The number of aromatic amines is 1. The summed E-state index contributed by atoms with van der Waals surface area (Å²) in [6.07, 6.45) is -3.97. The molecule has 0 spiro atoms. The maximum atomic E-state index is 13.2. The van der Waals surface area contributed by atoms with Crippen molar-refractivity contribution in [3.8, 4) is 0 Å². The van der Waals surface area contributed by atoms with Gasteiger partial charge in [-0.05, 0) is 18.9 Å². The zero-order valence-electron chi connectivity index (χ0n) is 14.7. The average Bonchev–Trinajstić information content (AvgIpc) is 3.25. The molecule has 2 fully saturated rings. The van der Waals surface area contributed by atoms with Gasteiger partial charge >= 0.3 is 12.3 Å². The summed E-state index contributed by atoms with van der Waals surface area (Å²) in [6.45, 7) is 1.61. The fourth-order valence-electron chi connectivity index (χ4n) is 3.73. The van der Waals surface area contributed by atoms with E-state index in [1.807, 2.05) is 0 Å². The molecule has 0 atom stereocenters. The summed E-state index contributed by atoms with van der Waals surface area (Å²) in [5.41, 5.74) is -2.02. The van der Waals surface area contributed by atoms with Crippen molar-refractivity contribution in [2.45, 2.75) is 25.1 Å². The number of hydrogen-bond acceptors (Lipinski definition) is 4. The number of halogens is 3. The molecule has 0 bridgehead atoms. The van der Waals surface area contributed by atoms with Crippen molar-refractivity contribution < 1.29 is 27.5 Å². The quantitative estimate of drug-likeness (QED) is 0.834. The van der Waals surface area contributed by atoms with Crippen molar-refractivity contribution in [1.29, 1.82) is 0 Å². The van der Waals surface area contributed by atoms with E-state index in [-0.39, 0.29) is 23.3 Å². The van der Waals surface area contributed by atoms with Gasteiger partial charge in [0.05, 0.1) is 12.1 Å². The van der Waals surface area contributed by atoms with Crippen LogP contribution < -0.4 is 5.43 Å². The van der Waals surface area contributed by atoms with E-state index in [1.165, 1.54) is 11.0 Å². The molecule has 0 aromatic carbocycles. The number of nitrogens with zero attached hydrogens (tertiary/aromatic N) is 3. The topological polar surface area (TPSA) is 87.1 Å². The third kappa shape index (κ3) is 3.20. The van der Waals surface area contributed by atoms with Crippen molar-refractivity contribution >= 4 is 17.5 Å². The number of alkyl halides is 3. The first-order valence-electron chi connectivity index (χ1n) is 8.80. The normalized spacial score (nSPS) is 18.8. The third-order valence-corrected chi connectivity index (χ3v) is 5.10. The molecule has 2 aliphatic rings. The minimum absolute atomic E-state index is 0.0176. The van der Waals surface area contributed by atoms with Crippen molar-refractivity contribution in [3.05, 3.63) is 39.8 Å². The van der Waals surface area contributed by atoms with Gasteiger partial charge in [-0.2, -0.15) is 13.2 Å². The van der Waals surface area contributed by atoms with E-state index in [4.69, 9.17) is 4.74 Å². The lowest BCUT2D eigenvalue weighted by Crippen LogP contribution is -2.47. The van der Waals surface area contributed by atoms with Gasteiger partial charge in [0.15, 0.2) is 5.43 Å². The number of ether oxygens (including phenoxy) is 1. The van der Waals surface area contributed by atoms with Gasteiger partial charge in [-0.15, -0.1) is 0 Å². The average molecular weight is 398 g/mol. The van der Waals surface area contributed by atoms with Gasteiger partial charge in [0, 0.05) is 31.3 Å². The molecule has 2 amide bonds. The standard InChI is InChI=1S/C17H17F3N4O4/c18-17(19,20)14-9-12(25)7-11-8-13(21-24(11)14)15(26)22-3-1-10(2-4-22)23-5-6-28-16(23)27/h7-10,21H,1-6H2. The maximum absolute atomic E-state index is 13.2. The van der Waals surface area contributed by atoms with Crippen LogP contribution in [-0.2, 0) is 10.9 Å². The minimum Gasteiger partial charge on any atom is -0.448 e. The SMILES string of the molecule is O=C(c1cc2cc(=O)cc(C(F)(F)F)n2[nH]1)N1CCC(N2CCOC2=O)CC1. The molecule has 150 valence electrons. The first-order valence-corrected chi connectivity index (χ1v) is 8.80. The van der Waals surface area contributed by atoms with E-state index in [2.05, 4.69) is 5.10 Å². The number of hydrogen-bond donors (Lipinski definition) is 1. The number of aromatic nitrogens is 2. The van der Waals surface area contributed by atoms with Gasteiger partial charge in [0.25, 0.3) is 5.91 Å². The molecule has 8 nitrogen and oxygen atoms in total. The Bertz CT molecular complexity index is 988. The predicted molar refractivity (Wildman–Crippen MR) is 90.0 cm³/mol. The number of pyridine rings is 1. The number of carbonyl (C=O) groups excluding carboxylic acids is 2. The number of cyclic esters (lactones) is 1. The number of H-pyrrole nitrogens is 1. The summed E-state index contributed by atoms with van der Waals surface area (Å²) in [6, 6.07) is 2.74. The van der Waals surface area contributed by atoms with Crippen LogP contribution in [0, 0.1) is 0 Å². The van der Waals surface area contributed by atoms with Gasteiger partial charge in [-0.1, -0.05) is 0 Å². The Kier molecular flexibility index (Phi) is 4.31. The van der Waals surface area contributed by atoms with Crippen LogP contribution in [0.3, 0.4) is 0 Å². The Balaban J connectivity index is 1.53. The molecule has 0 aliphatic carbocycles. The second-order valence-electron chi connectivity index (χ2n) is 6.84. The fraction of sp³-hybridized carbons (Fsp3) is 0.471. The lowest BCUT2D eigenvalue weighted by Gasteiger charge is -2.35. The number of piperidine rings is 1. The number of nitrogens with one attached hydrogen (secondary N) is 1. The molecule has 4 rings (SSSR count). The Hall–Kier alpha value is -2.98. The van der Waals surface area contributed by atoms with Crippen LogP contribution in [0.2, 0.25) is 0 Å². The molecule has 2 aromatic heterocycles. The second kappa shape index (κ2) is 6.57. The molecule has 1 N–H and O–H groups in total. The summed E-state index contributed by atoms with van der Waals surface area (Å²) in [5, 5.41) is 2.45. The third-order valence-electron chi connectivity index (χ3n) is 5.10. The van der Waals surface area contributed by atoms with Crippen molar-refractivity contribution in [1.82, 2.24) is 19.4 Å². The maximum Gasteiger partial charge on any atom is 0.433 e. The van der Waals surface area contributed by atoms with E-state index in [0.717, 1.165) is 6.07 Å². The number of fused-ring (bicyclic) bond motifs is 1. The van der Waals surface area contributed by atoms with Gasteiger partial charge in [-0.25, -0.2) is 4.79 Å². The number of rotatable bonds is 2. The fourth-order valence-corrected chi connectivity index (χ4v) is 3.73. The Labute approximate surface area is 156 Å². The summed E-state index contributed by atoms with van der Waals surface area (Å²) < 4.78 is 45.1. The molecule has 2 aliphatic heterocycles. The van der Waals surface area contributed by atoms with Crippen LogP contribution in [0.1, 0.15) is 29.0 Å². The molecular formula is C17H17F3N4O4. The zero-order chi connectivity index (χ0) is 20.1. The highest BCUT2D eigenvalue weighted by Gasteiger charge is 2.36. The van der Waals surface area contributed by atoms with Crippen LogP contribution in [0.15, 0.2) is 23.0 Å². The van der Waals surface area contributed by atoms with Crippen LogP contribution in [-0.4, -0.2) is 63.7 Å². The largest absolute Gasteiger partial charge is 0.448 e. The lowest BCUT2D eigenvalue weighted by molar-refractivity contribution is -0.142. The minimum atomic E-state index is -4.74. The van der Waals surface area contributed by atoms with E-state index >= 15 is 0 Å². The second-order valence-corrected chi connectivity index (χ2v) is 6.84. The molecular weight excluding hydrogens is 381 g/mol. The van der Waals surface area contributed by atoms with E-state index in [9.17, 15) is 27.6 Å². The van der Waals surface area contributed by atoms with Crippen LogP contribution >= 0.6 is 0 Å². The predicted octanol–water partition coefficient (Wildman–Crippen LogP) is 1.70. The van der Waals surface area contributed by atoms with Crippen LogP contribution in [0.25, 0.3) is 5.52 Å². The highest BCUT2D eigenvalue weighted by molar-refractivity contribution is 5.93. The van der Waals surface area contributed by atoms with Crippen molar-refractivity contribution in [2.75, 3.05) is 26.2 Å². The molecule has 4 heterocycles. The molecule has 0 saturated carbocycles. The Morgan fingerprint density at radius 3 is 2.43 bits per heavy atom. The van der Waals surface area contributed by atoms with Crippen molar-refractivity contribution in [2.24, 2.45) is 0 Å². The molecule has 0 unspecified atom stereocenters. The van der Waals surface area contributed by atoms with E-state index < -0.39 is 23.2 Å². The Morgan fingerprint density at radius 1 is 1.11 bits per heavy atom. The molecule has 11 heteroatoms. The zero-order valence-corrected chi connectivity index (χ0v) is 14.7. The van der Waals surface area contributed by atoms with E-state index in [1.54, 1.807) is 4.90 Å². The van der Waals surface area contributed by atoms with Gasteiger partial charge in [-0.3, -0.25) is 19.2 Å². The summed E-state index contributed by atoms with van der Waals surface area (Å²) in [5.74, 6) is -0.452. The van der Waals surface area contributed by atoms with Crippen molar-refractivity contribution in [3.63, 3.8) is 0 Å². The highest BCUT2D eigenvalue weighted by atomic mass is 19.4. The first kappa shape index (κ1) is 18.4. The Morgan fingerprint density at radius 2 is 1.82 bits per heavy atom. The summed E-state index contributed by atoms with van der Waals surface area (Å²) in [7, 11) is 0. The molecule has 2 saturated heterocycles. The molecule has 2 aromatic rings. The highest BCUT2D eigenvalue weighted by Crippen LogP contribution is 2.29. The lowest BCUT2D eigenvalue weighted by atomic mass is 10.0. The van der Waals surface area contributed by atoms with Crippen LogP contribution in [0.5, 0.6) is 0 Å². The summed E-state index contributed by atoms with van der Waals surface area (Å²) in [4.78, 5) is 39.1. The first-order chi connectivity index (χ1) is 13.2.